The van der Waals surface area contributed by atoms with Crippen molar-refractivity contribution in [2.24, 2.45) is 0 Å². The molecule has 0 saturated carbocycles. The van der Waals surface area contributed by atoms with Crippen LogP contribution in [0.5, 0.6) is 0 Å². The Morgan fingerprint density at radius 3 is 2.89 bits per heavy atom. The molecule has 1 aromatic carbocycles. The normalized spacial score (nSPS) is 17.9. The molecule has 0 aromatic heterocycles. The van der Waals surface area contributed by atoms with Crippen molar-refractivity contribution in [1.29, 1.82) is 0 Å². The van der Waals surface area contributed by atoms with Crippen LogP contribution in [0.3, 0.4) is 0 Å². The first-order valence-electron chi connectivity index (χ1n) is 5.88. The van der Waals surface area contributed by atoms with E-state index in [1.54, 1.807) is 0 Å². The number of carbonyl (C=O) groups excluding carboxylic acids is 1. The molecule has 0 bridgehead atoms. The number of fused-ring (bicyclic) bond motifs is 1. The number of hydrogen-bond donors (Lipinski definition) is 2. The van der Waals surface area contributed by atoms with E-state index in [1.165, 1.54) is 0 Å². The van der Waals surface area contributed by atoms with Gasteiger partial charge in [-0.3, -0.25) is 0 Å². The van der Waals surface area contributed by atoms with Gasteiger partial charge in [0.05, 0.1) is 6.04 Å². The number of benzene rings is 1. The number of anilines is 1. The molecule has 0 saturated heterocycles. The fourth-order valence-corrected chi connectivity index (χ4v) is 2.26. The second kappa shape index (κ2) is 4.80. The highest BCUT2D eigenvalue weighted by Gasteiger charge is 2.26. The molecule has 1 aliphatic heterocycles. The number of amides is 1. The second-order valence-electron chi connectivity index (χ2n) is 5.31. The molecule has 0 spiro atoms. The molecule has 1 amide bonds. The van der Waals surface area contributed by atoms with Gasteiger partial charge in [0.1, 0.15) is 5.60 Å². The molecule has 1 atom stereocenters. The van der Waals surface area contributed by atoms with Gasteiger partial charge in [0.25, 0.3) is 0 Å². The van der Waals surface area contributed by atoms with Crippen molar-refractivity contribution in [3.05, 3.63) is 28.2 Å². The summed E-state index contributed by atoms with van der Waals surface area (Å²) in [5.41, 5.74) is 1.66. The maximum absolute atomic E-state index is 11.7. The van der Waals surface area contributed by atoms with Crippen molar-refractivity contribution < 1.29 is 9.53 Å². The maximum Gasteiger partial charge on any atom is 0.408 e. The van der Waals surface area contributed by atoms with Crippen LogP contribution in [0.1, 0.15) is 32.4 Å². The molecule has 1 aliphatic rings. The monoisotopic (exact) mass is 312 g/mol. The van der Waals surface area contributed by atoms with Gasteiger partial charge < -0.3 is 15.4 Å². The quantitative estimate of drug-likeness (QED) is 0.835. The predicted octanol–water partition coefficient (Wildman–Crippen LogP) is 3.44. The summed E-state index contributed by atoms with van der Waals surface area (Å²) >= 11 is 3.44. The van der Waals surface area contributed by atoms with Gasteiger partial charge in [-0.15, -0.1) is 0 Å². The summed E-state index contributed by atoms with van der Waals surface area (Å²) in [6.07, 6.45) is -0.387. The van der Waals surface area contributed by atoms with E-state index in [1.807, 2.05) is 39.0 Å². The molecule has 0 radical (unpaired) electrons. The minimum atomic E-state index is -0.476. The minimum absolute atomic E-state index is 0.0488. The number of rotatable bonds is 1. The van der Waals surface area contributed by atoms with Crippen LogP contribution in [0.15, 0.2) is 22.7 Å². The number of ether oxygens (including phenoxy) is 1. The fraction of sp³-hybridized carbons (Fsp3) is 0.462. The van der Waals surface area contributed by atoms with Crippen LogP contribution in [-0.4, -0.2) is 18.2 Å². The molecule has 0 fully saturated rings. The van der Waals surface area contributed by atoms with Gasteiger partial charge in [-0.05, 0) is 39.0 Å². The van der Waals surface area contributed by atoms with Crippen LogP contribution in [0.25, 0.3) is 0 Å². The first-order chi connectivity index (χ1) is 8.35. The lowest BCUT2D eigenvalue weighted by molar-refractivity contribution is 0.0508. The molecule has 0 aliphatic carbocycles. The summed E-state index contributed by atoms with van der Waals surface area (Å²) in [5.74, 6) is 0. The van der Waals surface area contributed by atoms with Gasteiger partial charge in [0, 0.05) is 22.3 Å². The van der Waals surface area contributed by atoms with Crippen LogP contribution in [0.4, 0.5) is 10.5 Å². The lowest BCUT2D eigenvalue weighted by atomic mass is 10.1. The predicted molar refractivity (Wildman–Crippen MR) is 74.7 cm³/mol. The minimum Gasteiger partial charge on any atom is -0.444 e. The third-order valence-corrected chi connectivity index (χ3v) is 3.07. The Morgan fingerprint density at radius 1 is 1.50 bits per heavy atom. The van der Waals surface area contributed by atoms with Crippen LogP contribution < -0.4 is 10.6 Å². The molecule has 4 nitrogen and oxygen atoms in total. The first-order valence-corrected chi connectivity index (χ1v) is 6.67. The van der Waals surface area contributed by atoms with Gasteiger partial charge in [-0.1, -0.05) is 15.9 Å². The van der Waals surface area contributed by atoms with Crippen LogP contribution in [0, 0.1) is 0 Å². The summed E-state index contributed by atoms with van der Waals surface area (Å²) < 4.78 is 6.26. The van der Waals surface area contributed by atoms with Gasteiger partial charge in [0.15, 0.2) is 0 Å². The SMILES string of the molecule is CC(C)(C)OC(=O)NC1CNc2ccc(Br)cc21. The lowest BCUT2D eigenvalue weighted by Gasteiger charge is -2.21. The van der Waals surface area contributed by atoms with E-state index in [0.717, 1.165) is 15.7 Å². The Hall–Kier alpha value is -1.23. The van der Waals surface area contributed by atoms with Crippen molar-refractivity contribution >= 4 is 27.7 Å². The number of alkyl carbamates (subject to hydrolysis) is 1. The number of hydrogen-bond acceptors (Lipinski definition) is 3. The third-order valence-electron chi connectivity index (χ3n) is 2.58. The van der Waals surface area contributed by atoms with Crippen LogP contribution >= 0.6 is 15.9 Å². The molecule has 5 heteroatoms. The first kappa shape index (κ1) is 13.2. The van der Waals surface area contributed by atoms with Crippen molar-refractivity contribution in [2.45, 2.75) is 32.4 Å². The zero-order valence-electron chi connectivity index (χ0n) is 10.7. The standard InChI is InChI=1S/C13H17BrN2O2/c1-13(2,3)18-12(17)16-11-7-15-10-5-4-8(14)6-9(10)11/h4-6,11,15H,7H2,1-3H3,(H,16,17). The van der Waals surface area contributed by atoms with Crippen LogP contribution in [-0.2, 0) is 4.74 Å². The number of halogens is 1. The van der Waals surface area contributed by atoms with Crippen molar-refractivity contribution in [3.63, 3.8) is 0 Å². The summed E-state index contributed by atoms with van der Waals surface area (Å²) in [5, 5.41) is 6.13. The van der Waals surface area contributed by atoms with Gasteiger partial charge in [-0.25, -0.2) is 4.79 Å². The number of nitrogens with one attached hydrogen (secondary N) is 2. The van der Waals surface area contributed by atoms with E-state index < -0.39 is 5.60 Å². The van der Waals surface area contributed by atoms with Crippen molar-refractivity contribution in [1.82, 2.24) is 5.32 Å². The molecule has 1 heterocycles. The fourth-order valence-electron chi connectivity index (χ4n) is 1.88. The van der Waals surface area contributed by atoms with Crippen LogP contribution in [0.2, 0.25) is 0 Å². The van der Waals surface area contributed by atoms with Crippen molar-refractivity contribution in [2.75, 3.05) is 11.9 Å². The number of carbonyl (C=O) groups is 1. The highest BCUT2D eigenvalue weighted by Crippen LogP contribution is 2.32. The Kier molecular flexibility index (Phi) is 3.52. The second-order valence-corrected chi connectivity index (χ2v) is 6.23. The average molecular weight is 313 g/mol. The van der Waals surface area contributed by atoms with Gasteiger partial charge >= 0.3 is 6.09 Å². The molecular weight excluding hydrogens is 296 g/mol. The Balaban J connectivity index is 2.06. The topological polar surface area (TPSA) is 50.4 Å². The van der Waals surface area contributed by atoms with Gasteiger partial charge in [0.2, 0.25) is 0 Å². The summed E-state index contributed by atoms with van der Waals surface area (Å²) in [4.78, 5) is 11.7. The molecular formula is C13H17BrN2O2. The van der Waals surface area contributed by atoms with E-state index in [0.29, 0.717) is 6.54 Å². The van der Waals surface area contributed by atoms with E-state index in [-0.39, 0.29) is 12.1 Å². The van der Waals surface area contributed by atoms with Gasteiger partial charge in [-0.2, -0.15) is 0 Å². The Bertz CT molecular complexity index is 469. The lowest BCUT2D eigenvalue weighted by Crippen LogP contribution is -2.35. The van der Waals surface area contributed by atoms with E-state index in [4.69, 9.17) is 4.74 Å². The summed E-state index contributed by atoms with van der Waals surface area (Å²) in [6.45, 7) is 6.24. The molecule has 1 unspecified atom stereocenters. The zero-order valence-corrected chi connectivity index (χ0v) is 12.3. The third kappa shape index (κ3) is 3.16. The summed E-state index contributed by atoms with van der Waals surface area (Å²) in [7, 11) is 0. The zero-order chi connectivity index (χ0) is 13.3. The summed E-state index contributed by atoms with van der Waals surface area (Å²) in [6, 6.07) is 5.93. The maximum atomic E-state index is 11.7. The van der Waals surface area contributed by atoms with E-state index in [2.05, 4.69) is 26.6 Å². The average Bonchev–Trinajstić information content (AvgIpc) is 2.58. The van der Waals surface area contributed by atoms with E-state index >= 15 is 0 Å². The Morgan fingerprint density at radius 2 is 2.22 bits per heavy atom. The Labute approximate surface area is 115 Å². The smallest absolute Gasteiger partial charge is 0.408 e. The van der Waals surface area contributed by atoms with E-state index in [9.17, 15) is 4.79 Å². The molecule has 2 rings (SSSR count). The largest absolute Gasteiger partial charge is 0.444 e. The molecule has 2 N–H and O–H groups in total. The molecule has 98 valence electrons. The van der Waals surface area contributed by atoms with Crippen molar-refractivity contribution in [3.8, 4) is 0 Å². The molecule has 18 heavy (non-hydrogen) atoms. The molecule has 1 aromatic rings. The highest BCUT2D eigenvalue weighted by molar-refractivity contribution is 9.10. The highest BCUT2D eigenvalue weighted by atomic mass is 79.9.